The van der Waals surface area contributed by atoms with Gasteiger partial charge in [0.2, 0.25) is 5.91 Å². The van der Waals surface area contributed by atoms with Crippen molar-refractivity contribution in [2.24, 2.45) is 0 Å². The number of aryl methyl sites for hydroxylation is 2. The van der Waals surface area contributed by atoms with Crippen molar-refractivity contribution in [3.05, 3.63) is 58.0 Å². The molecule has 2 aromatic heterocycles. The fourth-order valence-electron chi connectivity index (χ4n) is 2.30. The predicted molar refractivity (Wildman–Crippen MR) is 85.0 cm³/mol. The van der Waals surface area contributed by atoms with Crippen molar-refractivity contribution in [1.82, 2.24) is 19.9 Å². The van der Waals surface area contributed by atoms with E-state index in [1.807, 2.05) is 12.1 Å². The molecule has 2 heterocycles. The summed E-state index contributed by atoms with van der Waals surface area (Å²) >= 11 is 0. The van der Waals surface area contributed by atoms with Gasteiger partial charge in [-0.25, -0.2) is 4.79 Å². The summed E-state index contributed by atoms with van der Waals surface area (Å²) in [4.78, 5) is 32.3. The predicted octanol–water partition coefficient (Wildman–Crippen LogP) is 0.759. The third-order valence-corrected chi connectivity index (χ3v) is 3.36. The van der Waals surface area contributed by atoms with Gasteiger partial charge >= 0.3 is 5.69 Å². The molecule has 0 aromatic carbocycles. The average Bonchev–Trinajstić information content (AvgIpc) is 2.51. The maximum absolute atomic E-state index is 12.3. The minimum absolute atomic E-state index is 0.0923. The minimum Gasteiger partial charge on any atom is -0.382 e. The Labute approximate surface area is 134 Å². The van der Waals surface area contributed by atoms with E-state index < -0.39 is 5.69 Å². The van der Waals surface area contributed by atoms with Crippen LogP contribution in [0.4, 0.5) is 0 Å². The number of aromatic nitrogens is 3. The Morgan fingerprint density at radius 2 is 2.17 bits per heavy atom. The number of ether oxygens (including phenoxy) is 1. The molecular weight excluding hydrogens is 296 g/mol. The lowest BCUT2D eigenvalue weighted by Crippen LogP contribution is -2.38. The van der Waals surface area contributed by atoms with E-state index in [0.29, 0.717) is 23.7 Å². The lowest BCUT2D eigenvalue weighted by Gasteiger charge is -2.18. The second kappa shape index (κ2) is 7.64. The van der Waals surface area contributed by atoms with Crippen molar-refractivity contribution in [3.8, 4) is 0 Å². The summed E-state index contributed by atoms with van der Waals surface area (Å²) < 4.78 is 6.47. The Hall–Kier alpha value is -2.54. The normalized spacial score (nSPS) is 12.0. The number of amides is 1. The summed E-state index contributed by atoms with van der Waals surface area (Å²) in [5.41, 5.74) is 1.60. The van der Waals surface area contributed by atoms with Gasteiger partial charge in [-0.2, -0.15) is 4.98 Å². The molecule has 0 saturated heterocycles. The minimum atomic E-state index is -0.432. The molecule has 0 fully saturated rings. The zero-order chi connectivity index (χ0) is 16.8. The highest BCUT2D eigenvalue weighted by Crippen LogP contribution is 2.09. The van der Waals surface area contributed by atoms with E-state index in [4.69, 9.17) is 4.74 Å². The van der Waals surface area contributed by atoms with E-state index in [9.17, 15) is 9.59 Å². The number of carbonyl (C=O) groups excluding carboxylic acids is 1. The van der Waals surface area contributed by atoms with Crippen LogP contribution in [0.2, 0.25) is 0 Å². The third kappa shape index (κ3) is 4.46. The molecular formula is C16H20N4O3. The number of nitrogens with one attached hydrogen (secondary N) is 1. The van der Waals surface area contributed by atoms with Gasteiger partial charge < -0.3 is 10.1 Å². The standard InChI is InChI=1S/C16H20N4O3/c1-11-8-12(2)20(16(22)18-11)9-15(21)19-14(10-23-3)13-6-4-5-7-17-13/h4-8,14H,9-10H2,1-3H3,(H,19,21). The number of nitrogens with zero attached hydrogens (tertiary/aromatic N) is 3. The van der Waals surface area contributed by atoms with Gasteiger partial charge in [0.05, 0.1) is 18.3 Å². The van der Waals surface area contributed by atoms with E-state index in [1.54, 1.807) is 39.3 Å². The number of carbonyl (C=O) groups is 1. The Balaban J connectivity index is 2.13. The number of rotatable bonds is 6. The average molecular weight is 316 g/mol. The first-order chi connectivity index (χ1) is 11.0. The molecule has 7 heteroatoms. The van der Waals surface area contributed by atoms with Gasteiger partial charge in [-0.05, 0) is 32.0 Å². The monoisotopic (exact) mass is 316 g/mol. The van der Waals surface area contributed by atoms with Crippen LogP contribution in [0.1, 0.15) is 23.1 Å². The van der Waals surface area contributed by atoms with E-state index in [0.717, 1.165) is 0 Å². The molecule has 0 radical (unpaired) electrons. The molecule has 0 spiro atoms. The summed E-state index contributed by atoms with van der Waals surface area (Å²) in [5.74, 6) is -0.298. The summed E-state index contributed by atoms with van der Waals surface area (Å²) in [7, 11) is 1.56. The SMILES string of the molecule is COCC(NC(=O)Cn1c(C)cc(C)nc1=O)c1ccccn1. The zero-order valence-corrected chi connectivity index (χ0v) is 13.4. The molecule has 2 aromatic rings. The highest BCUT2D eigenvalue weighted by molar-refractivity contribution is 5.76. The summed E-state index contributed by atoms with van der Waals surface area (Å²) in [6.45, 7) is 3.72. The maximum atomic E-state index is 12.3. The van der Waals surface area contributed by atoms with Crippen molar-refractivity contribution < 1.29 is 9.53 Å². The van der Waals surface area contributed by atoms with Gasteiger partial charge in [0.15, 0.2) is 0 Å². The van der Waals surface area contributed by atoms with Crippen LogP contribution in [0, 0.1) is 13.8 Å². The Kier molecular flexibility index (Phi) is 5.59. The van der Waals surface area contributed by atoms with Crippen LogP contribution in [-0.4, -0.2) is 34.2 Å². The van der Waals surface area contributed by atoms with Gasteiger partial charge in [0.25, 0.3) is 0 Å². The first-order valence-corrected chi connectivity index (χ1v) is 7.25. The molecule has 0 saturated carbocycles. The molecule has 2 rings (SSSR count). The summed E-state index contributed by atoms with van der Waals surface area (Å²) in [5, 5.41) is 2.84. The fraction of sp³-hybridized carbons (Fsp3) is 0.375. The lowest BCUT2D eigenvalue weighted by atomic mass is 10.2. The van der Waals surface area contributed by atoms with Crippen LogP contribution in [0.25, 0.3) is 0 Å². The molecule has 1 atom stereocenters. The van der Waals surface area contributed by atoms with Crippen molar-refractivity contribution in [2.75, 3.05) is 13.7 Å². The number of hydrogen-bond donors (Lipinski definition) is 1. The molecule has 1 unspecified atom stereocenters. The van der Waals surface area contributed by atoms with Crippen molar-refractivity contribution >= 4 is 5.91 Å². The Morgan fingerprint density at radius 1 is 1.39 bits per heavy atom. The van der Waals surface area contributed by atoms with E-state index in [1.165, 1.54) is 4.57 Å². The Morgan fingerprint density at radius 3 is 2.78 bits per heavy atom. The highest BCUT2D eigenvalue weighted by atomic mass is 16.5. The summed E-state index contributed by atoms with van der Waals surface area (Å²) in [6.07, 6.45) is 1.66. The van der Waals surface area contributed by atoms with Crippen LogP contribution in [0.5, 0.6) is 0 Å². The van der Waals surface area contributed by atoms with Gasteiger partial charge in [-0.15, -0.1) is 0 Å². The van der Waals surface area contributed by atoms with Gasteiger partial charge in [-0.1, -0.05) is 6.07 Å². The van der Waals surface area contributed by atoms with Crippen LogP contribution < -0.4 is 11.0 Å². The quantitative estimate of drug-likeness (QED) is 0.850. The van der Waals surface area contributed by atoms with Crippen LogP contribution in [-0.2, 0) is 16.1 Å². The first kappa shape index (κ1) is 16.8. The molecule has 0 bridgehead atoms. The smallest absolute Gasteiger partial charge is 0.348 e. The largest absolute Gasteiger partial charge is 0.382 e. The number of methoxy groups -OCH3 is 1. The highest BCUT2D eigenvalue weighted by Gasteiger charge is 2.17. The summed E-state index contributed by atoms with van der Waals surface area (Å²) in [6, 6.07) is 6.85. The zero-order valence-electron chi connectivity index (χ0n) is 13.4. The van der Waals surface area contributed by atoms with E-state index in [2.05, 4.69) is 15.3 Å². The van der Waals surface area contributed by atoms with Crippen molar-refractivity contribution in [1.29, 1.82) is 0 Å². The molecule has 122 valence electrons. The van der Waals surface area contributed by atoms with E-state index in [-0.39, 0.29) is 18.5 Å². The van der Waals surface area contributed by atoms with Gasteiger partial charge in [0.1, 0.15) is 6.54 Å². The molecule has 7 nitrogen and oxygen atoms in total. The molecule has 23 heavy (non-hydrogen) atoms. The molecule has 0 aliphatic carbocycles. The lowest BCUT2D eigenvalue weighted by molar-refractivity contribution is -0.123. The van der Waals surface area contributed by atoms with Gasteiger partial charge in [-0.3, -0.25) is 14.3 Å². The number of hydrogen-bond acceptors (Lipinski definition) is 5. The van der Waals surface area contributed by atoms with E-state index >= 15 is 0 Å². The van der Waals surface area contributed by atoms with Crippen LogP contribution >= 0.6 is 0 Å². The second-order valence-corrected chi connectivity index (χ2v) is 5.24. The van der Waals surface area contributed by atoms with Crippen LogP contribution in [0.3, 0.4) is 0 Å². The van der Waals surface area contributed by atoms with Gasteiger partial charge in [0, 0.05) is 24.7 Å². The topological polar surface area (TPSA) is 86.1 Å². The van der Waals surface area contributed by atoms with Crippen LogP contribution in [0.15, 0.2) is 35.3 Å². The molecule has 1 N–H and O–H groups in total. The molecule has 0 aliphatic heterocycles. The molecule has 0 aliphatic rings. The second-order valence-electron chi connectivity index (χ2n) is 5.24. The Bertz CT molecular complexity index is 728. The third-order valence-electron chi connectivity index (χ3n) is 3.36. The number of pyridine rings is 1. The first-order valence-electron chi connectivity index (χ1n) is 7.25. The maximum Gasteiger partial charge on any atom is 0.348 e. The fourth-order valence-corrected chi connectivity index (χ4v) is 2.30. The van der Waals surface area contributed by atoms with Crippen molar-refractivity contribution in [3.63, 3.8) is 0 Å². The molecule has 1 amide bonds. The van der Waals surface area contributed by atoms with Crippen molar-refractivity contribution in [2.45, 2.75) is 26.4 Å².